The van der Waals surface area contributed by atoms with Crippen LogP contribution in [0.2, 0.25) is 0 Å². The van der Waals surface area contributed by atoms with Gasteiger partial charge in [0.25, 0.3) is 15.9 Å². The number of anilines is 2. The van der Waals surface area contributed by atoms with Crippen LogP contribution in [0.15, 0.2) is 53.6 Å². The molecular formula is C24H29N5O5S. The normalized spacial score (nSPS) is 11.7. The maximum Gasteiger partial charge on any atom is 0.263 e. The second-order valence-corrected chi connectivity index (χ2v) is 10.4. The summed E-state index contributed by atoms with van der Waals surface area (Å²) < 4.78 is 38.9. The maximum atomic E-state index is 12.7. The van der Waals surface area contributed by atoms with Crippen LogP contribution >= 0.6 is 0 Å². The van der Waals surface area contributed by atoms with Gasteiger partial charge in [0, 0.05) is 29.7 Å². The summed E-state index contributed by atoms with van der Waals surface area (Å²) in [5, 5.41) is 2.71. The molecule has 2 N–H and O–H groups in total. The first-order valence-electron chi connectivity index (χ1n) is 10.9. The van der Waals surface area contributed by atoms with Crippen LogP contribution in [0.25, 0.3) is 0 Å². The van der Waals surface area contributed by atoms with Crippen molar-refractivity contribution < 1.29 is 22.7 Å². The van der Waals surface area contributed by atoms with Crippen molar-refractivity contribution in [3.63, 3.8) is 0 Å². The number of hydrogen-bond donors (Lipinski definition) is 2. The van der Waals surface area contributed by atoms with Crippen molar-refractivity contribution in [3.05, 3.63) is 65.7 Å². The number of rotatable bonds is 9. The van der Waals surface area contributed by atoms with E-state index >= 15 is 0 Å². The van der Waals surface area contributed by atoms with Crippen molar-refractivity contribution in [1.82, 2.24) is 15.0 Å². The van der Waals surface area contributed by atoms with E-state index in [1.807, 2.05) is 20.8 Å². The SMILES string of the molecule is Cc1cc(NS(=O)(=O)c2ccc(NC(=O)c3ccc(OCCOC(C)(C)C)nc3)cc2)nc(C)n1. The molecule has 2 heterocycles. The van der Waals surface area contributed by atoms with Crippen LogP contribution in [0.1, 0.15) is 42.6 Å². The van der Waals surface area contributed by atoms with Crippen molar-refractivity contribution in [2.75, 3.05) is 23.3 Å². The first-order valence-corrected chi connectivity index (χ1v) is 12.4. The summed E-state index contributed by atoms with van der Waals surface area (Å²) in [6.45, 7) is 10.1. The average molecular weight is 500 g/mol. The first-order chi connectivity index (χ1) is 16.4. The topological polar surface area (TPSA) is 132 Å². The number of pyridine rings is 1. The van der Waals surface area contributed by atoms with Gasteiger partial charge in [-0.3, -0.25) is 9.52 Å². The third kappa shape index (κ3) is 8.01. The van der Waals surface area contributed by atoms with E-state index in [0.29, 0.717) is 41.9 Å². The third-order valence-electron chi connectivity index (χ3n) is 4.49. The Kier molecular flexibility index (Phi) is 8.03. The molecule has 11 heteroatoms. The van der Waals surface area contributed by atoms with Gasteiger partial charge in [-0.15, -0.1) is 0 Å². The molecule has 3 aromatic rings. The highest BCUT2D eigenvalue weighted by atomic mass is 32.2. The highest BCUT2D eigenvalue weighted by Gasteiger charge is 2.16. The second-order valence-electron chi connectivity index (χ2n) is 8.72. The van der Waals surface area contributed by atoms with Gasteiger partial charge in [-0.05, 0) is 65.0 Å². The van der Waals surface area contributed by atoms with E-state index in [4.69, 9.17) is 9.47 Å². The van der Waals surface area contributed by atoms with Gasteiger partial charge in [0.2, 0.25) is 5.88 Å². The summed E-state index contributed by atoms with van der Waals surface area (Å²) in [4.78, 5) is 24.9. The number of amides is 1. The molecule has 0 radical (unpaired) electrons. The zero-order valence-corrected chi connectivity index (χ0v) is 21.1. The number of aryl methyl sites for hydroxylation is 2. The van der Waals surface area contributed by atoms with Crippen molar-refractivity contribution >= 4 is 27.4 Å². The van der Waals surface area contributed by atoms with Crippen LogP contribution in [-0.2, 0) is 14.8 Å². The largest absolute Gasteiger partial charge is 0.475 e. The Morgan fingerprint density at radius 2 is 1.71 bits per heavy atom. The average Bonchev–Trinajstić information content (AvgIpc) is 2.76. The molecule has 0 spiro atoms. The summed E-state index contributed by atoms with van der Waals surface area (Å²) in [7, 11) is -3.85. The summed E-state index contributed by atoms with van der Waals surface area (Å²) in [5.74, 6) is 0.648. The molecule has 0 atom stereocenters. The Bertz CT molecular complexity index is 1250. The number of aromatic nitrogens is 3. The molecule has 10 nitrogen and oxygen atoms in total. The minimum atomic E-state index is -3.85. The molecule has 0 aliphatic rings. The Labute approximate surface area is 205 Å². The van der Waals surface area contributed by atoms with Crippen molar-refractivity contribution in [1.29, 1.82) is 0 Å². The van der Waals surface area contributed by atoms with Crippen LogP contribution in [0.5, 0.6) is 5.88 Å². The number of carbonyl (C=O) groups is 1. The first kappa shape index (κ1) is 26.0. The van der Waals surface area contributed by atoms with E-state index in [0.717, 1.165) is 0 Å². The third-order valence-corrected chi connectivity index (χ3v) is 5.86. The lowest BCUT2D eigenvalue weighted by molar-refractivity contribution is -0.0168. The fourth-order valence-corrected chi connectivity index (χ4v) is 3.97. The molecular weight excluding hydrogens is 470 g/mol. The Morgan fingerprint density at radius 1 is 1.00 bits per heavy atom. The van der Waals surface area contributed by atoms with Gasteiger partial charge in [-0.25, -0.2) is 23.4 Å². The van der Waals surface area contributed by atoms with E-state index in [1.165, 1.54) is 30.5 Å². The van der Waals surface area contributed by atoms with Gasteiger partial charge in [0.05, 0.1) is 22.7 Å². The van der Waals surface area contributed by atoms with E-state index in [9.17, 15) is 13.2 Å². The van der Waals surface area contributed by atoms with E-state index in [-0.39, 0.29) is 22.2 Å². The highest BCUT2D eigenvalue weighted by Crippen LogP contribution is 2.19. The Morgan fingerprint density at radius 3 is 2.31 bits per heavy atom. The summed E-state index contributed by atoms with van der Waals surface area (Å²) in [6.07, 6.45) is 1.41. The highest BCUT2D eigenvalue weighted by molar-refractivity contribution is 7.92. The number of carbonyl (C=O) groups excluding carboxylic acids is 1. The van der Waals surface area contributed by atoms with Crippen LogP contribution in [0.4, 0.5) is 11.5 Å². The molecule has 186 valence electrons. The number of benzene rings is 1. The van der Waals surface area contributed by atoms with Gasteiger partial charge < -0.3 is 14.8 Å². The molecule has 1 aromatic carbocycles. The Hall–Kier alpha value is -3.57. The number of nitrogens with one attached hydrogen (secondary N) is 2. The smallest absolute Gasteiger partial charge is 0.263 e. The van der Waals surface area contributed by atoms with Gasteiger partial charge in [-0.2, -0.15) is 0 Å². The van der Waals surface area contributed by atoms with Crippen molar-refractivity contribution in [2.24, 2.45) is 0 Å². The molecule has 0 aliphatic carbocycles. The minimum Gasteiger partial charge on any atom is -0.475 e. The van der Waals surface area contributed by atoms with Crippen molar-refractivity contribution in [3.8, 4) is 5.88 Å². The zero-order valence-electron chi connectivity index (χ0n) is 20.3. The van der Waals surface area contributed by atoms with Gasteiger partial charge in [0.15, 0.2) is 0 Å². The fraction of sp³-hybridized carbons (Fsp3) is 0.333. The molecule has 0 unspecified atom stereocenters. The summed E-state index contributed by atoms with van der Waals surface area (Å²) in [5.41, 5.74) is 1.17. The lowest BCUT2D eigenvalue weighted by Gasteiger charge is -2.19. The van der Waals surface area contributed by atoms with Crippen LogP contribution in [0.3, 0.4) is 0 Å². The van der Waals surface area contributed by atoms with Crippen LogP contribution < -0.4 is 14.8 Å². The second kappa shape index (κ2) is 10.8. The molecule has 0 aliphatic heterocycles. The predicted molar refractivity (Wildman–Crippen MR) is 132 cm³/mol. The number of sulfonamides is 1. The lowest BCUT2D eigenvalue weighted by Crippen LogP contribution is -2.22. The Balaban J connectivity index is 1.57. The number of ether oxygens (including phenoxy) is 2. The van der Waals surface area contributed by atoms with Crippen LogP contribution in [-0.4, -0.2) is 48.1 Å². The predicted octanol–water partition coefficient (Wildman–Crippen LogP) is 3.74. The zero-order chi connectivity index (χ0) is 25.6. The summed E-state index contributed by atoms with van der Waals surface area (Å²) >= 11 is 0. The molecule has 2 aromatic heterocycles. The molecule has 0 saturated heterocycles. The molecule has 0 saturated carbocycles. The standard InChI is InChI=1S/C24H29N5O5S/c1-16-14-21(27-17(2)26-16)29-35(31,32)20-9-7-19(8-10-20)28-23(30)18-6-11-22(25-15-18)33-12-13-34-24(3,4)5/h6-11,14-15H,12-13H2,1-5H3,(H,28,30)(H,26,27,29). The number of nitrogens with zero attached hydrogens (tertiary/aromatic N) is 3. The lowest BCUT2D eigenvalue weighted by atomic mass is 10.2. The maximum absolute atomic E-state index is 12.7. The van der Waals surface area contributed by atoms with Crippen LogP contribution in [0, 0.1) is 13.8 Å². The number of hydrogen-bond acceptors (Lipinski definition) is 8. The molecule has 35 heavy (non-hydrogen) atoms. The summed E-state index contributed by atoms with van der Waals surface area (Å²) in [6, 6.07) is 10.5. The quantitative estimate of drug-likeness (QED) is 0.426. The van der Waals surface area contributed by atoms with Gasteiger partial charge in [-0.1, -0.05) is 0 Å². The fourth-order valence-electron chi connectivity index (χ4n) is 2.98. The monoisotopic (exact) mass is 499 g/mol. The molecule has 3 rings (SSSR count). The van der Waals surface area contributed by atoms with E-state index < -0.39 is 10.0 Å². The van der Waals surface area contributed by atoms with E-state index in [1.54, 1.807) is 32.0 Å². The minimum absolute atomic E-state index is 0.0306. The van der Waals surface area contributed by atoms with Gasteiger partial charge in [0.1, 0.15) is 18.2 Å². The van der Waals surface area contributed by atoms with Gasteiger partial charge >= 0.3 is 0 Å². The molecule has 0 fully saturated rings. The molecule has 0 bridgehead atoms. The van der Waals surface area contributed by atoms with Crippen molar-refractivity contribution in [2.45, 2.75) is 45.1 Å². The molecule has 1 amide bonds. The van der Waals surface area contributed by atoms with E-state index in [2.05, 4.69) is 25.0 Å².